The first-order valence-corrected chi connectivity index (χ1v) is 24.1. The lowest BCUT2D eigenvalue weighted by Gasteiger charge is -2.05. The van der Waals surface area contributed by atoms with E-state index in [4.69, 9.17) is 17.5 Å². The molecular weight excluding hydrogens is 667 g/mol. The monoisotopic (exact) mass is 748 g/mol. The summed E-state index contributed by atoms with van der Waals surface area (Å²) in [6.45, 7) is 11.5. The molecule has 8 heteroatoms. The highest BCUT2D eigenvalue weighted by atomic mass is 32.3. The molecule has 0 aliphatic heterocycles. The topological polar surface area (TPSA) is 80.4 Å². The Morgan fingerprint density at radius 3 is 0.857 bits per heavy atom. The SMILES string of the molecule is CCCCCCCCCCCCCCCCCc1sc(=[N+](CC)CC)sc1CCCCCCCCCCCCCCCCC.O=S(=O)([O-])O. The molecule has 0 saturated carbocycles. The molecule has 0 aliphatic rings. The van der Waals surface area contributed by atoms with E-state index in [0.717, 1.165) is 13.1 Å². The fraction of sp³-hybridized carbons (Fsp3) is 0.927. The van der Waals surface area contributed by atoms with Crippen molar-refractivity contribution in [2.24, 2.45) is 0 Å². The molecular formula is C41H81NO4S3. The van der Waals surface area contributed by atoms with Crippen LogP contribution in [-0.4, -0.2) is 30.6 Å². The zero-order valence-electron chi connectivity index (χ0n) is 32.9. The Balaban J connectivity index is 0.00000427. The minimum atomic E-state index is -4.92. The van der Waals surface area contributed by atoms with Gasteiger partial charge >= 0.3 is 3.98 Å². The third kappa shape index (κ3) is 34.6. The van der Waals surface area contributed by atoms with Crippen molar-refractivity contribution < 1.29 is 17.5 Å². The van der Waals surface area contributed by atoms with Crippen molar-refractivity contribution >= 4 is 33.1 Å². The Labute approximate surface area is 313 Å². The van der Waals surface area contributed by atoms with Crippen LogP contribution in [0.5, 0.6) is 0 Å². The molecule has 1 N–H and O–H groups in total. The summed E-state index contributed by atoms with van der Waals surface area (Å²) in [6.07, 6.45) is 46.2. The van der Waals surface area contributed by atoms with Crippen molar-refractivity contribution in [3.05, 3.63) is 13.7 Å². The molecule has 0 saturated heterocycles. The first-order chi connectivity index (χ1) is 23.8. The quantitative estimate of drug-likeness (QED) is 0.0329. The van der Waals surface area contributed by atoms with Crippen LogP contribution in [0.15, 0.2) is 0 Å². The molecule has 0 fully saturated rings. The molecule has 292 valence electrons. The van der Waals surface area contributed by atoms with E-state index in [1.165, 1.54) is 205 Å². The lowest BCUT2D eigenvalue weighted by molar-refractivity contribution is 0.366. The van der Waals surface area contributed by atoms with Gasteiger partial charge in [-0.15, -0.1) is 0 Å². The first kappa shape index (κ1) is 48.7. The molecule has 0 bridgehead atoms. The van der Waals surface area contributed by atoms with Gasteiger partial charge in [-0.1, -0.05) is 216 Å². The third-order valence-electron chi connectivity index (χ3n) is 9.77. The Bertz CT molecular complexity index is 934. The van der Waals surface area contributed by atoms with Crippen LogP contribution in [-0.2, 0) is 23.2 Å². The van der Waals surface area contributed by atoms with Gasteiger partial charge in [-0.05, 0) is 39.5 Å². The summed E-state index contributed by atoms with van der Waals surface area (Å²) in [5.74, 6) is 0. The van der Waals surface area contributed by atoms with Crippen LogP contribution in [0.1, 0.15) is 230 Å². The van der Waals surface area contributed by atoms with Gasteiger partial charge in [-0.25, -0.2) is 13.0 Å². The Morgan fingerprint density at radius 2 is 0.653 bits per heavy atom. The lowest BCUT2D eigenvalue weighted by Crippen LogP contribution is -2.25. The maximum atomic E-state index is 8.63. The second kappa shape index (κ2) is 36.1. The van der Waals surface area contributed by atoms with Crippen LogP contribution in [0.2, 0.25) is 0 Å². The fourth-order valence-corrected chi connectivity index (χ4v) is 9.79. The standard InChI is InChI=1S/C41H80NS2.H2O4S/c1-5-9-11-13-15-17-19-21-23-25-27-29-31-33-35-37-39-40(44-41(43-39)42(7-3)8-4)38-36-34-32-30-28-26-24-22-20-18-16-14-12-10-6-2;1-5(2,3)4/h5-38H2,1-4H3;(H2,1,2,3,4)/q+1;/p-1. The highest BCUT2D eigenvalue weighted by Crippen LogP contribution is 2.24. The zero-order valence-corrected chi connectivity index (χ0v) is 35.3. The molecule has 0 radical (unpaired) electrons. The first-order valence-electron chi connectivity index (χ1n) is 21.1. The highest BCUT2D eigenvalue weighted by molar-refractivity contribution is 7.79. The lowest BCUT2D eigenvalue weighted by atomic mass is 10.0. The molecule has 1 aromatic heterocycles. The number of hydrogen-bond acceptors (Lipinski definition) is 5. The molecule has 0 aromatic carbocycles. The second-order valence-electron chi connectivity index (χ2n) is 14.3. The summed E-state index contributed by atoms with van der Waals surface area (Å²) in [4.78, 5) is 3.47. The number of rotatable bonds is 34. The summed E-state index contributed by atoms with van der Waals surface area (Å²) >= 11 is 4.27. The van der Waals surface area contributed by atoms with E-state index in [9.17, 15) is 0 Å². The van der Waals surface area contributed by atoms with Gasteiger partial charge in [-0.3, -0.25) is 4.55 Å². The van der Waals surface area contributed by atoms with Crippen molar-refractivity contribution in [3.63, 3.8) is 0 Å². The number of nitrogens with zero attached hydrogens (tertiary/aromatic N) is 1. The van der Waals surface area contributed by atoms with Gasteiger partial charge < -0.3 is 4.55 Å². The average Bonchev–Trinajstić information content (AvgIpc) is 3.46. The van der Waals surface area contributed by atoms with Gasteiger partial charge in [0.05, 0.1) is 0 Å². The van der Waals surface area contributed by atoms with Gasteiger partial charge in [0.25, 0.3) is 0 Å². The Morgan fingerprint density at radius 1 is 0.449 bits per heavy atom. The van der Waals surface area contributed by atoms with E-state index in [-0.39, 0.29) is 0 Å². The van der Waals surface area contributed by atoms with Crippen LogP contribution in [0, 0.1) is 0 Å². The molecule has 1 aromatic rings. The van der Waals surface area contributed by atoms with Gasteiger partial charge in [0.2, 0.25) is 10.4 Å². The van der Waals surface area contributed by atoms with E-state index < -0.39 is 10.4 Å². The molecule has 1 rings (SSSR count). The van der Waals surface area contributed by atoms with Crippen LogP contribution in [0.3, 0.4) is 0 Å². The predicted molar refractivity (Wildman–Crippen MR) is 218 cm³/mol. The van der Waals surface area contributed by atoms with Crippen molar-refractivity contribution in [3.8, 4) is 0 Å². The van der Waals surface area contributed by atoms with Gasteiger partial charge in [0, 0.05) is 9.75 Å². The Hall–Kier alpha value is -0.280. The Kier molecular flexibility index (Phi) is 35.9. The summed E-state index contributed by atoms with van der Waals surface area (Å²) in [5, 5.41) is 0. The van der Waals surface area contributed by atoms with Crippen LogP contribution >= 0.6 is 22.7 Å². The fourth-order valence-electron chi connectivity index (χ4n) is 6.65. The normalized spacial score (nSPS) is 11.6. The average molecular weight is 748 g/mol. The smallest absolute Gasteiger partial charge is 0.314 e. The van der Waals surface area contributed by atoms with Crippen molar-refractivity contribution in [1.82, 2.24) is 4.58 Å². The van der Waals surface area contributed by atoms with Gasteiger partial charge in [-0.2, -0.15) is 0 Å². The van der Waals surface area contributed by atoms with Crippen molar-refractivity contribution in [2.45, 2.75) is 233 Å². The maximum absolute atomic E-state index is 8.63. The van der Waals surface area contributed by atoms with Gasteiger partial charge in [0.1, 0.15) is 13.1 Å². The van der Waals surface area contributed by atoms with Crippen LogP contribution in [0.4, 0.5) is 0 Å². The molecule has 5 nitrogen and oxygen atoms in total. The molecule has 0 atom stereocenters. The largest absolute Gasteiger partial charge is 0.726 e. The molecule has 0 spiro atoms. The highest BCUT2D eigenvalue weighted by Gasteiger charge is 2.13. The van der Waals surface area contributed by atoms with Crippen molar-refractivity contribution in [2.75, 3.05) is 13.1 Å². The molecule has 49 heavy (non-hydrogen) atoms. The van der Waals surface area contributed by atoms with Crippen LogP contribution in [0.25, 0.3) is 0 Å². The van der Waals surface area contributed by atoms with Crippen molar-refractivity contribution in [1.29, 1.82) is 0 Å². The minimum Gasteiger partial charge on any atom is -0.726 e. The maximum Gasteiger partial charge on any atom is 0.314 e. The van der Waals surface area contributed by atoms with E-state index >= 15 is 0 Å². The number of hydrogen-bond donors (Lipinski definition) is 1. The number of unbranched alkanes of at least 4 members (excludes halogenated alkanes) is 28. The minimum absolute atomic E-state index is 1.14. The van der Waals surface area contributed by atoms with E-state index in [0.29, 0.717) is 0 Å². The summed E-state index contributed by atoms with van der Waals surface area (Å²) in [5.41, 5.74) is 0. The van der Waals surface area contributed by atoms with E-state index in [1.807, 2.05) is 0 Å². The summed E-state index contributed by atoms with van der Waals surface area (Å²) in [7, 11) is -4.92. The molecule has 0 aliphatic carbocycles. The third-order valence-corrected chi connectivity index (χ3v) is 12.7. The summed E-state index contributed by atoms with van der Waals surface area (Å²) in [6, 6.07) is 0. The number of aryl methyl sites for hydroxylation is 2. The molecule has 0 amide bonds. The van der Waals surface area contributed by atoms with E-state index in [1.54, 1.807) is 13.7 Å². The summed E-state index contributed by atoms with van der Waals surface area (Å²) < 4.78 is 37.0. The molecule has 1 heterocycles. The molecule has 0 unspecified atom stereocenters. The predicted octanol–water partition coefficient (Wildman–Crippen LogP) is 13.5. The zero-order chi connectivity index (χ0) is 36.3. The van der Waals surface area contributed by atoms with E-state index in [2.05, 4.69) is 54.9 Å². The second-order valence-corrected chi connectivity index (χ2v) is 17.6. The van der Waals surface area contributed by atoms with Crippen LogP contribution < -0.4 is 8.56 Å². The van der Waals surface area contributed by atoms with Gasteiger partial charge in [0.15, 0.2) is 0 Å².